The number of nitrogens with zero attached hydrogens (tertiary/aromatic N) is 3. The number of aryl methyl sites for hydroxylation is 2. The first-order valence-corrected chi connectivity index (χ1v) is 8.52. The highest BCUT2D eigenvalue weighted by Gasteiger charge is 2.11. The highest BCUT2D eigenvalue weighted by molar-refractivity contribution is 6.02. The largest absolute Gasteiger partial charge is 0.355 e. The van der Waals surface area contributed by atoms with Gasteiger partial charge in [-0.05, 0) is 62.1 Å². The molecule has 2 rings (SSSR count). The third kappa shape index (κ3) is 4.54. The summed E-state index contributed by atoms with van der Waals surface area (Å²) in [6.45, 7) is 10.2. The van der Waals surface area contributed by atoms with E-state index in [1.165, 1.54) is 5.56 Å². The van der Waals surface area contributed by atoms with Crippen molar-refractivity contribution in [2.24, 2.45) is 0 Å². The molecule has 5 nitrogen and oxygen atoms in total. The fraction of sp³-hybridized carbons (Fsp3) is 0.421. The molecule has 0 fully saturated rings. The summed E-state index contributed by atoms with van der Waals surface area (Å²) in [7, 11) is 0. The van der Waals surface area contributed by atoms with E-state index in [1.54, 1.807) is 6.07 Å². The molecule has 0 aliphatic heterocycles. The first-order valence-electron chi connectivity index (χ1n) is 8.52. The van der Waals surface area contributed by atoms with Crippen LogP contribution in [0.2, 0.25) is 0 Å². The van der Waals surface area contributed by atoms with Crippen molar-refractivity contribution in [1.82, 2.24) is 10.2 Å². The average Bonchev–Trinajstić information content (AvgIpc) is 2.58. The fourth-order valence-electron chi connectivity index (χ4n) is 2.51. The second-order valence-corrected chi connectivity index (χ2v) is 6.02. The van der Waals surface area contributed by atoms with E-state index in [4.69, 9.17) is 0 Å². The Kier molecular flexibility index (Phi) is 6.29. The number of carbonyl (C=O) groups is 1. The second kappa shape index (κ2) is 8.43. The smallest absolute Gasteiger partial charge is 0.276 e. The second-order valence-electron chi connectivity index (χ2n) is 6.02. The highest BCUT2D eigenvalue weighted by Crippen LogP contribution is 2.16. The van der Waals surface area contributed by atoms with E-state index in [0.717, 1.165) is 43.0 Å². The van der Waals surface area contributed by atoms with Gasteiger partial charge >= 0.3 is 0 Å². The van der Waals surface area contributed by atoms with Crippen LogP contribution in [-0.4, -0.2) is 29.2 Å². The van der Waals surface area contributed by atoms with Crippen molar-refractivity contribution in [1.29, 1.82) is 0 Å². The maximum absolute atomic E-state index is 12.3. The lowest BCUT2D eigenvalue weighted by Crippen LogP contribution is -2.26. The maximum atomic E-state index is 12.3. The van der Waals surface area contributed by atoms with Gasteiger partial charge in [0, 0.05) is 18.8 Å². The van der Waals surface area contributed by atoms with Gasteiger partial charge < -0.3 is 10.2 Å². The number of benzene rings is 1. The van der Waals surface area contributed by atoms with Crippen LogP contribution in [-0.2, 0) is 0 Å². The number of nitrogens with one attached hydrogen (secondary N) is 1. The molecule has 1 amide bonds. The molecule has 128 valence electrons. The summed E-state index contributed by atoms with van der Waals surface area (Å²) in [5.41, 5.74) is 3.44. The average molecular weight is 326 g/mol. The quantitative estimate of drug-likeness (QED) is 0.836. The van der Waals surface area contributed by atoms with Gasteiger partial charge in [-0.25, -0.2) is 0 Å². The summed E-state index contributed by atoms with van der Waals surface area (Å²) in [6, 6.07) is 9.45. The Hall–Kier alpha value is -2.43. The molecule has 1 N–H and O–H groups in total. The molecule has 0 aliphatic rings. The molecule has 1 heterocycles. The van der Waals surface area contributed by atoms with Crippen molar-refractivity contribution in [3.05, 3.63) is 47.2 Å². The Labute approximate surface area is 144 Å². The van der Waals surface area contributed by atoms with Gasteiger partial charge in [0.05, 0.1) is 0 Å². The summed E-state index contributed by atoms with van der Waals surface area (Å²) in [4.78, 5) is 14.5. The number of hydrogen-bond acceptors (Lipinski definition) is 4. The SMILES string of the molecule is CCCN(CCC)c1ccc(C(=O)Nc2ccc(C)c(C)c2)nn1. The number of hydrogen-bond donors (Lipinski definition) is 1. The molecule has 1 aromatic heterocycles. The summed E-state index contributed by atoms with van der Waals surface area (Å²) >= 11 is 0. The zero-order valence-corrected chi connectivity index (χ0v) is 15.0. The monoisotopic (exact) mass is 326 g/mol. The minimum absolute atomic E-state index is 0.241. The van der Waals surface area contributed by atoms with Crippen LogP contribution in [0, 0.1) is 13.8 Å². The van der Waals surface area contributed by atoms with Gasteiger partial charge in [-0.3, -0.25) is 4.79 Å². The van der Waals surface area contributed by atoms with Gasteiger partial charge in [-0.1, -0.05) is 19.9 Å². The minimum Gasteiger partial charge on any atom is -0.355 e. The van der Waals surface area contributed by atoms with Crippen molar-refractivity contribution in [3.8, 4) is 0 Å². The van der Waals surface area contributed by atoms with Crippen LogP contribution in [0.5, 0.6) is 0 Å². The molecule has 0 radical (unpaired) electrons. The number of rotatable bonds is 7. The predicted molar refractivity (Wildman–Crippen MR) is 98.7 cm³/mol. The van der Waals surface area contributed by atoms with E-state index >= 15 is 0 Å². The van der Waals surface area contributed by atoms with Crippen LogP contribution in [0.25, 0.3) is 0 Å². The lowest BCUT2D eigenvalue weighted by atomic mass is 10.1. The van der Waals surface area contributed by atoms with Crippen LogP contribution in [0.15, 0.2) is 30.3 Å². The number of anilines is 2. The molecule has 0 spiro atoms. The van der Waals surface area contributed by atoms with Crippen molar-refractivity contribution < 1.29 is 4.79 Å². The Balaban J connectivity index is 2.08. The van der Waals surface area contributed by atoms with Crippen molar-refractivity contribution in [3.63, 3.8) is 0 Å². The molecule has 0 unspecified atom stereocenters. The Morgan fingerprint density at radius 1 is 1.00 bits per heavy atom. The predicted octanol–water partition coefficient (Wildman–Crippen LogP) is 3.97. The van der Waals surface area contributed by atoms with E-state index in [2.05, 4.69) is 34.3 Å². The summed E-state index contributed by atoms with van der Waals surface area (Å²) in [6.07, 6.45) is 2.10. The van der Waals surface area contributed by atoms with E-state index < -0.39 is 0 Å². The normalized spacial score (nSPS) is 10.5. The summed E-state index contributed by atoms with van der Waals surface area (Å²) < 4.78 is 0. The molecule has 5 heteroatoms. The van der Waals surface area contributed by atoms with Gasteiger partial charge in [0.2, 0.25) is 0 Å². The van der Waals surface area contributed by atoms with Crippen LogP contribution in [0.4, 0.5) is 11.5 Å². The standard InChI is InChI=1S/C19H26N4O/c1-5-11-23(12-6-2)18-10-9-17(21-22-18)19(24)20-16-8-7-14(3)15(4)13-16/h7-10,13H,5-6,11-12H2,1-4H3,(H,20,24). The molecule has 1 aromatic carbocycles. The van der Waals surface area contributed by atoms with E-state index in [1.807, 2.05) is 38.1 Å². The molecule has 0 aliphatic carbocycles. The molecule has 0 atom stereocenters. The summed E-state index contributed by atoms with van der Waals surface area (Å²) in [5.74, 6) is 0.580. The zero-order chi connectivity index (χ0) is 17.5. The molecular weight excluding hydrogens is 300 g/mol. The third-order valence-electron chi connectivity index (χ3n) is 3.96. The van der Waals surface area contributed by atoms with Gasteiger partial charge in [0.25, 0.3) is 5.91 Å². The molecule has 0 saturated heterocycles. The Morgan fingerprint density at radius 2 is 1.71 bits per heavy atom. The zero-order valence-electron chi connectivity index (χ0n) is 15.0. The van der Waals surface area contributed by atoms with Crippen LogP contribution in [0.1, 0.15) is 48.3 Å². The number of amides is 1. The summed E-state index contributed by atoms with van der Waals surface area (Å²) in [5, 5.41) is 11.2. The first-order chi connectivity index (χ1) is 11.5. The Bertz CT molecular complexity index is 676. The van der Waals surface area contributed by atoms with Gasteiger partial charge in [0.15, 0.2) is 11.5 Å². The molecule has 0 saturated carbocycles. The van der Waals surface area contributed by atoms with Gasteiger partial charge in [-0.15, -0.1) is 10.2 Å². The molecule has 0 bridgehead atoms. The van der Waals surface area contributed by atoms with Crippen molar-refractivity contribution in [2.45, 2.75) is 40.5 Å². The Morgan fingerprint density at radius 3 is 2.25 bits per heavy atom. The topological polar surface area (TPSA) is 58.1 Å². The van der Waals surface area contributed by atoms with Gasteiger partial charge in [-0.2, -0.15) is 0 Å². The minimum atomic E-state index is -0.241. The number of aromatic nitrogens is 2. The fourth-order valence-corrected chi connectivity index (χ4v) is 2.51. The van der Waals surface area contributed by atoms with Crippen molar-refractivity contribution >= 4 is 17.4 Å². The maximum Gasteiger partial charge on any atom is 0.276 e. The third-order valence-corrected chi connectivity index (χ3v) is 3.96. The van der Waals surface area contributed by atoms with Gasteiger partial charge in [0.1, 0.15) is 0 Å². The number of carbonyl (C=O) groups excluding carboxylic acids is 1. The van der Waals surface area contributed by atoms with E-state index in [0.29, 0.717) is 5.69 Å². The highest BCUT2D eigenvalue weighted by atomic mass is 16.1. The van der Waals surface area contributed by atoms with Crippen molar-refractivity contribution in [2.75, 3.05) is 23.3 Å². The lowest BCUT2D eigenvalue weighted by Gasteiger charge is -2.21. The molecule has 2 aromatic rings. The van der Waals surface area contributed by atoms with Crippen LogP contribution in [0.3, 0.4) is 0 Å². The molecule has 24 heavy (non-hydrogen) atoms. The van der Waals surface area contributed by atoms with E-state index in [9.17, 15) is 4.79 Å². The van der Waals surface area contributed by atoms with Crippen LogP contribution >= 0.6 is 0 Å². The van der Waals surface area contributed by atoms with Crippen LogP contribution < -0.4 is 10.2 Å². The first kappa shape index (κ1) is 17.9. The van der Waals surface area contributed by atoms with E-state index in [-0.39, 0.29) is 5.91 Å². The lowest BCUT2D eigenvalue weighted by molar-refractivity contribution is 0.102. The molecular formula is C19H26N4O.